The van der Waals surface area contributed by atoms with Gasteiger partial charge in [0.1, 0.15) is 23.7 Å². The summed E-state index contributed by atoms with van der Waals surface area (Å²) in [6, 6.07) is 16.8. The number of piperidine rings is 1. The molecule has 1 aliphatic carbocycles. The molecule has 304 valence electrons. The van der Waals surface area contributed by atoms with E-state index in [-0.39, 0.29) is 62.0 Å². The molecule has 13 heteroatoms. The molecule has 3 atom stereocenters. The SMILES string of the molecule is CC.CNC1(C(=O)O)CCN(C(=O)C(CCCCN)NC(=O)[C@@H](CC(C)C)NC(=O)C(Cc2ccccc2)NC(=O)CNCC2(c3ccccc3)CC2)CC1. The van der Waals surface area contributed by atoms with Gasteiger partial charge in [0.25, 0.3) is 0 Å². The summed E-state index contributed by atoms with van der Waals surface area (Å²) in [6.45, 7) is 9.46. The first kappa shape index (κ1) is 45.1. The molecule has 1 saturated carbocycles. The topological polar surface area (TPSA) is 195 Å². The van der Waals surface area contributed by atoms with Crippen molar-refractivity contribution in [2.45, 2.75) is 115 Å². The maximum absolute atomic E-state index is 14.0. The number of hydrogen-bond donors (Lipinski definition) is 7. The van der Waals surface area contributed by atoms with Gasteiger partial charge in [-0.05, 0) is 82.0 Å². The van der Waals surface area contributed by atoms with Crippen molar-refractivity contribution in [3.05, 3.63) is 71.8 Å². The number of nitrogens with two attached hydrogens (primary N) is 1. The lowest BCUT2D eigenvalue weighted by atomic mass is 9.87. The highest BCUT2D eigenvalue weighted by Gasteiger charge is 2.44. The fourth-order valence-electron chi connectivity index (χ4n) is 7.13. The normalized spacial score (nSPS) is 17.1. The summed E-state index contributed by atoms with van der Waals surface area (Å²) in [5.41, 5.74) is 6.74. The molecule has 1 heterocycles. The monoisotopic (exact) mass is 763 g/mol. The lowest BCUT2D eigenvalue weighted by Gasteiger charge is -2.40. The minimum atomic E-state index is -1.11. The van der Waals surface area contributed by atoms with E-state index in [9.17, 15) is 29.1 Å². The highest BCUT2D eigenvalue weighted by molar-refractivity contribution is 5.94. The Bertz CT molecular complexity index is 1510. The molecule has 1 aliphatic heterocycles. The van der Waals surface area contributed by atoms with Crippen LogP contribution in [0.25, 0.3) is 0 Å². The smallest absolute Gasteiger partial charge is 0.324 e. The zero-order chi connectivity index (χ0) is 40.4. The van der Waals surface area contributed by atoms with E-state index in [0.29, 0.717) is 38.8 Å². The Morgan fingerprint density at radius 2 is 1.38 bits per heavy atom. The van der Waals surface area contributed by atoms with Crippen molar-refractivity contribution < 1.29 is 29.1 Å². The molecule has 8 N–H and O–H groups in total. The molecule has 4 amide bonds. The van der Waals surface area contributed by atoms with Gasteiger partial charge < -0.3 is 42.3 Å². The summed E-state index contributed by atoms with van der Waals surface area (Å²) in [4.78, 5) is 68.5. The van der Waals surface area contributed by atoms with E-state index in [1.807, 2.05) is 76.2 Å². The van der Waals surface area contributed by atoms with E-state index in [1.165, 1.54) is 5.56 Å². The van der Waals surface area contributed by atoms with Crippen LogP contribution in [-0.4, -0.2) is 103 Å². The van der Waals surface area contributed by atoms with Gasteiger partial charge in [0.05, 0.1) is 6.54 Å². The highest BCUT2D eigenvalue weighted by Crippen LogP contribution is 2.47. The molecular formula is C42H65N7O6. The summed E-state index contributed by atoms with van der Waals surface area (Å²) in [6.07, 6.45) is 4.70. The zero-order valence-electron chi connectivity index (χ0n) is 33.5. The molecule has 0 bridgehead atoms. The average molecular weight is 764 g/mol. The van der Waals surface area contributed by atoms with Crippen LogP contribution in [0.4, 0.5) is 0 Å². The maximum atomic E-state index is 14.0. The van der Waals surface area contributed by atoms with Crippen molar-refractivity contribution in [1.29, 1.82) is 0 Å². The van der Waals surface area contributed by atoms with Crippen molar-refractivity contribution in [2.24, 2.45) is 11.7 Å². The molecule has 13 nitrogen and oxygen atoms in total. The largest absolute Gasteiger partial charge is 0.480 e. The number of benzene rings is 2. The summed E-state index contributed by atoms with van der Waals surface area (Å²) in [5.74, 6) is -2.54. The van der Waals surface area contributed by atoms with Crippen LogP contribution in [0.5, 0.6) is 0 Å². The molecule has 0 radical (unpaired) electrons. The molecular weight excluding hydrogens is 699 g/mol. The van der Waals surface area contributed by atoms with Crippen LogP contribution in [-0.2, 0) is 35.8 Å². The van der Waals surface area contributed by atoms with Crippen molar-refractivity contribution in [3.63, 3.8) is 0 Å². The van der Waals surface area contributed by atoms with Gasteiger partial charge in [-0.2, -0.15) is 0 Å². The second-order valence-electron chi connectivity index (χ2n) is 15.1. The Kier molecular flexibility index (Phi) is 18.3. The highest BCUT2D eigenvalue weighted by atomic mass is 16.4. The quantitative estimate of drug-likeness (QED) is 0.0937. The third-order valence-electron chi connectivity index (χ3n) is 10.6. The second-order valence-corrected chi connectivity index (χ2v) is 15.1. The number of carboxylic acids is 1. The fourth-order valence-corrected chi connectivity index (χ4v) is 7.13. The fraction of sp³-hybridized carbons (Fsp3) is 0.595. The second kappa shape index (κ2) is 22.3. The van der Waals surface area contributed by atoms with Gasteiger partial charge in [-0.15, -0.1) is 0 Å². The summed E-state index contributed by atoms with van der Waals surface area (Å²) < 4.78 is 0. The van der Waals surface area contributed by atoms with Crippen LogP contribution >= 0.6 is 0 Å². The number of carboxylic acid groups (broad SMARTS) is 1. The van der Waals surface area contributed by atoms with Crippen molar-refractivity contribution in [2.75, 3.05) is 39.8 Å². The number of nitrogens with one attached hydrogen (secondary N) is 5. The minimum absolute atomic E-state index is 0.0209. The maximum Gasteiger partial charge on any atom is 0.324 e. The Morgan fingerprint density at radius 3 is 1.93 bits per heavy atom. The Hall–Kier alpha value is -4.33. The summed E-state index contributed by atoms with van der Waals surface area (Å²) in [5, 5.41) is 24.7. The van der Waals surface area contributed by atoms with E-state index >= 15 is 0 Å². The van der Waals surface area contributed by atoms with Gasteiger partial charge in [-0.1, -0.05) is 88.4 Å². The number of aliphatic carboxylic acids is 1. The van der Waals surface area contributed by atoms with Gasteiger partial charge in [0.2, 0.25) is 23.6 Å². The van der Waals surface area contributed by atoms with Gasteiger partial charge in [-0.25, -0.2) is 0 Å². The molecule has 4 rings (SSSR count). The molecule has 2 fully saturated rings. The van der Waals surface area contributed by atoms with E-state index in [2.05, 4.69) is 38.7 Å². The number of amides is 4. The molecule has 2 aromatic rings. The van der Waals surface area contributed by atoms with Crippen LogP contribution < -0.4 is 32.3 Å². The Labute approximate surface area is 327 Å². The lowest BCUT2D eigenvalue weighted by Crippen LogP contribution is -2.61. The van der Waals surface area contributed by atoms with Crippen molar-refractivity contribution in [3.8, 4) is 0 Å². The number of hydrogen-bond acceptors (Lipinski definition) is 8. The molecule has 2 aromatic carbocycles. The summed E-state index contributed by atoms with van der Waals surface area (Å²) >= 11 is 0. The van der Waals surface area contributed by atoms with Crippen molar-refractivity contribution >= 4 is 29.6 Å². The third-order valence-corrected chi connectivity index (χ3v) is 10.6. The number of carbonyl (C=O) groups excluding carboxylic acids is 4. The van der Waals surface area contributed by atoms with Crippen molar-refractivity contribution in [1.82, 2.24) is 31.5 Å². The average Bonchev–Trinajstić information content (AvgIpc) is 3.99. The predicted octanol–water partition coefficient (Wildman–Crippen LogP) is 2.87. The molecule has 0 spiro atoms. The molecule has 1 saturated heterocycles. The van der Waals surface area contributed by atoms with Crippen LogP contribution in [0.3, 0.4) is 0 Å². The van der Waals surface area contributed by atoms with Gasteiger partial charge in [0, 0.05) is 31.5 Å². The first-order chi connectivity index (χ1) is 26.4. The third kappa shape index (κ3) is 13.4. The number of carbonyl (C=O) groups is 5. The Morgan fingerprint density at radius 1 is 0.800 bits per heavy atom. The van der Waals surface area contributed by atoms with Gasteiger partial charge >= 0.3 is 5.97 Å². The van der Waals surface area contributed by atoms with Gasteiger partial charge in [-0.3, -0.25) is 24.0 Å². The molecule has 2 unspecified atom stereocenters. The van der Waals surface area contributed by atoms with Crippen LogP contribution in [0.1, 0.15) is 90.2 Å². The number of nitrogens with zero attached hydrogens (tertiary/aromatic N) is 1. The summed E-state index contributed by atoms with van der Waals surface area (Å²) in [7, 11) is 1.60. The first-order valence-corrected chi connectivity index (χ1v) is 20.0. The zero-order valence-corrected chi connectivity index (χ0v) is 33.5. The van der Waals surface area contributed by atoms with Crippen LogP contribution in [0.2, 0.25) is 0 Å². The Balaban J connectivity index is 0.00000399. The minimum Gasteiger partial charge on any atom is -0.480 e. The van der Waals surface area contributed by atoms with E-state index in [4.69, 9.17) is 5.73 Å². The number of rotatable bonds is 21. The van der Waals surface area contributed by atoms with E-state index in [0.717, 1.165) is 18.4 Å². The van der Waals surface area contributed by atoms with Crippen LogP contribution in [0, 0.1) is 5.92 Å². The van der Waals surface area contributed by atoms with Gasteiger partial charge in [0.15, 0.2) is 0 Å². The lowest BCUT2D eigenvalue weighted by molar-refractivity contribution is -0.149. The van der Waals surface area contributed by atoms with E-state index in [1.54, 1.807) is 11.9 Å². The van der Waals surface area contributed by atoms with Crippen LogP contribution in [0.15, 0.2) is 60.7 Å². The predicted molar refractivity (Wildman–Crippen MR) is 215 cm³/mol. The first-order valence-electron chi connectivity index (χ1n) is 20.0. The number of likely N-dealkylation sites (N-methyl/N-ethyl adjacent to an activating group) is 1. The number of unbranched alkanes of at least 4 members (excludes halogenated alkanes) is 1. The molecule has 0 aromatic heterocycles. The van der Waals surface area contributed by atoms with E-state index < -0.39 is 41.4 Å². The number of likely N-dealkylation sites (tertiary alicyclic amines) is 1. The molecule has 2 aliphatic rings. The standard InChI is InChI=1S/C40H59N7O6.C2H6/c1-28(2)24-32(35(49)45-31(16-10-11-21-41)37(51)47-22-19-40(42-3,20-23-47)38(52)53)46-36(50)33(25-29-12-6-4-7-13-29)44-34(48)26-43-27-39(17-18-39)30-14-8-5-9-15-30;1-2/h4-9,12-15,28,31-33,42-43H,10-11,16-27,41H2,1-3H3,(H,44,48)(H,45,49)(H,46,50)(H,52,53);1-2H3/t31?,32-,33?;/m1./s1. The molecule has 55 heavy (non-hydrogen) atoms.